The highest BCUT2D eigenvalue weighted by molar-refractivity contribution is 7.90. The van der Waals surface area contributed by atoms with Crippen LogP contribution in [0.25, 0.3) is 0 Å². The van der Waals surface area contributed by atoms with Crippen molar-refractivity contribution >= 4 is 15.5 Å². The highest BCUT2D eigenvalue weighted by Crippen LogP contribution is 2.16. The van der Waals surface area contributed by atoms with Gasteiger partial charge in [0.2, 0.25) is 0 Å². The minimum atomic E-state index is -3.17. The molecule has 0 bridgehead atoms. The Bertz CT molecular complexity index is 475. The second-order valence-corrected chi connectivity index (χ2v) is 6.80. The summed E-state index contributed by atoms with van der Waals surface area (Å²) in [6.07, 6.45) is 1.78. The maximum atomic E-state index is 11.4. The standard InChI is InChI=1S/C12H19NO3S/c1-12(2,14)7-8-13-10-5-4-6-11(9-10)17(3,15)16/h4-6,9,13-14H,7-8H2,1-3H3. The number of anilines is 1. The van der Waals surface area contributed by atoms with Crippen molar-refractivity contribution in [1.82, 2.24) is 0 Å². The van der Waals surface area contributed by atoms with Crippen LogP contribution in [0.5, 0.6) is 0 Å². The Kier molecular flexibility index (Phi) is 4.16. The molecule has 0 saturated heterocycles. The summed E-state index contributed by atoms with van der Waals surface area (Å²) >= 11 is 0. The van der Waals surface area contributed by atoms with E-state index >= 15 is 0 Å². The molecule has 4 nitrogen and oxygen atoms in total. The second kappa shape index (κ2) is 5.06. The van der Waals surface area contributed by atoms with Crippen LogP contribution < -0.4 is 5.32 Å². The molecule has 5 heteroatoms. The summed E-state index contributed by atoms with van der Waals surface area (Å²) in [7, 11) is -3.17. The van der Waals surface area contributed by atoms with Gasteiger partial charge < -0.3 is 10.4 Å². The smallest absolute Gasteiger partial charge is 0.175 e. The Hall–Kier alpha value is -1.07. The van der Waals surface area contributed by atoms with E-state index in [1.807, 2.05) is 0 Å². The van der Waals surface area contributed by atoms with Crippen molar-refractivity contribution in [2.45, 2.75) is 30.8 Å². The fourth-order valence-electron chi connectivity index (χ4n) is 1.35. The molecule has 0 aliphatic carbocycles. The second-order valence-electron chi connectivity index (χ2n) is 4.79. The van der Waals surface area contributed by atoms with Gasteiger partial charge in [-0.1, -0.05) is 6.07 Å². The lowest BCUT2D eigenvalue weighted by Gasteiger charge is -2.17. The molecule has 0 fully saturated rings. The zero-order chi connectivity index (χ0) is 13.1. The van der Waals surface area contributed by atoms with Gasteiger partial charge in [-0.25, -0.2) is 8.42 Å². The molecule has 2 N–H and O–H groups in total. The summed E-state index contributed by atoms with van der Waals surface area (Å²) in [6, 6.07) is 6.66. The zero-order valence-corrected chi connectivity index (χ0v) is 11.2. The Balaban J connectivity index is 2.68. The van der Waals surface area contributed by atoms with Gasteiger partial charge in [-0.05, 0) is 38.5 Å². The molecule has 1 aromatic rings. The van der Waals surface area contributed by atoms with E-state index in [1.54, 1.807) is 38.1 Å². The molecular weight excluding hydrogens is 238 g/mol. The summed E-state index contributed by atoms with van der Waals surface area (Å²) in [5.74, 6) is 0. The molecule has 0 radical (unpaired) electrons. The third-order valence-electron chi connectivity index (χ3n) is 2.33. The minimum absolute atomic E-state index is 0.297. The van der Waals surface area contributed by atoms with E-state index < -0.39 is 15.4 Å². The maximum absolute atomic E-state index is 11.4. The van der Waals surface area contributed by atoms with E-state index in [-0.39, 0.29) is 0 Å². The lowest BCUT2D eigenvalue weighted by molar-refractivity contribution is 0.0749. The van der Waals surface area contributed by atoms with Crippen LogP contribution in [-0.4, -0.2) is 31.9 Å². The molecule has 0 aliphatic rings. The molecule has 0 aromatic heterocycles. The predicted octanol–water partition coefficient (Wildman–Crippen LogP) is 1.66. The summed E-state index contributed by atoms with van der Waals surface area (Å²) in [5, 5.41) is 12.6. The van der Waals surface area contributed by atoms with Crippen molar-refractivity contribution in [3.63, 3.8) is 0 Å². The first-order valence-electron chi connectivity index (χ1n) is 5.45. The van der Waals surface area contributed by atoms with Crippen LogP contribution >= 0.6 is 0 Å². The molecule has 1 aromatic carbocycles. The van der Waals surface area contributed by atoms with Gasteiger partial charge in [-0.2, -0.15) is 0 Å². The monoisotopic (exact) mass is 257 g/mol. The van der Waals surface area contributed by atoms with E-state index in [2.05, 4.69) is 5.32 Å². The van der Waals surface area contributed by atoms with Gasteiger partial charge in [0.25, 0.3) is 0 Å². The van der Waals surface area contributed by atoms with Gasteiger partial charge in [-0.3, -0.25) is 0 Å². The minimum Gasteiger partial charge on any atom is -0.390 e. The van der Waals surface area contributed by atoms with Gasteiger partial charge in [-0.15, -0.1) is 0 Å². The zero-order valence-electron chi connectivity index (χ0n) is 10.4. The van der Waals surface area contributed by atoms with Crippen LogP contribution in [0.2, 0.25) is 0 Å². The first-order valence-corrected chi connectivity index (χ1v) is 7.34. The van der Waals surface area contributed by atoms with Crippen molar-refractivity contribution < 1.29 is 13.5 Å². The predicted molar refractivity (Wildman–Crippen MR) is 69.0 cm³/mol. The number of benzene rings is 1. The number of aliphatic hydroxyl groups is 1. The van der Waals surface area contributed by atoms with Crippen molar-refractivity contribution in [3.8, 4) is 0 Å². The van der Waals surface area contributed by atoms with E-state index in [9.17, 15) is 13.5 Å². The Labute approximate surface area is 103 Å². The number of hydrogen-bond acceptors (Lipinski definition) is 4. The number of sulfone groups is 1. The summed E-state index contributed by atoms with van der Waals surface area (Å²) in [4.78, 5) is 0.297. The molecule has 0 aliphatic heterocycles. The molecule has 96 valence electrons. The van der Waals surface area contributed by atoms with E-state index in [4.69, 9.17) is 0 Å². The SMILES string of the molecule is CC(C)(O)CCNc1cccc(S(C)(=O)=O)c1. The summed E-state index contributed by atoms with van der Waals surface area (Å²) in [6.45, 7) is 4.07. The fourth-order valence-corrected chi connectivity index (χ4v) is 2.02. The molecular formula is C12H19NO3S. The van der Waals surface area contributed by atoms with Gasteiger partial charge in [0.1, 0.15) is 0 Å². The number of rotatable bonds is 5. The first kappa shape index (κ1) is 14.0. The molecule has 0 amide bonds. The van der Waals surface area contributed by atoms with Crippen LogP contribution in [0.3, 0.4) is 0 Å². The molecule has 0 heterocycles. The maximum Gasteiger partial charge on any atom is 0.175 e. The van der Waals surface area contributed by atoms with E-state index in [1.165, 1.54) is 6.26 Å². The van der Waals surface area contributed by atoms with E-state index in [0.717, 1.165) is 5.69 Å². The van der Waals surface area contributed by atoms with E-state index in [0.29, 0.717) is 17.9 Å². The Morgan fingerprint density at radius 3 is 2.53 bits per heavy atom. The third kappa shape index (κ3) is 5.19. The van der Waals surface area contributed by atoms with Crippen LogP contribution in [0, 0.1) is 0 Å². The Morgan fingerprint density at radius 2 is 2.00 bits per heavy atom. The lowest BCUT2D eigenvalue weighted by atomic mass is 10.1. The fraction of sp³-hybridized carbons (Fsp3) is 0.500. The largest absolute Gasteiger partial charge is 0.390 e. The number of hydrogen-bond donors (Lipinski definition) is 2. The molecule has 17 heavy (non-hydrogen) atoms. The average molecular weight is 257 g/mol. The molecule has 1 rings (SSSR count). The summed E-state index contributed by atoms with van der Waals surface area (Å²) < 4.78 is 22.7. The van der Waals surface area contributed by atoms with Crippen LogP contribution in [-0.2, 0) is 9.84 Å². The Morgan fingerprint density at radius 1 is 1.35 bits per heavy atom. The van der Waals surface area contributed by atoms with Gasteiger partial charge in [0.05, 0.1) is 10.5 Å². The molecule has 0 atom stereocenters. The highest BCUT2D eigenvalue weighted by atomic mass is 32.2. The highest BCUT2D eigenvalue weighted by Gasteiger charge is 2.12. The van der Waals surface area contributed by atoms with Crippen molar-refractivity contribution in [2.24, 2.45) is 0 Å². The topological polar surface area (TPSA) is 66.4 Å². The van der Waals surface area contributed by atoms with Crippen LogP contribution in [0.15, 0.2) is 29.2 Å². The molecule has 0 saturated carbocycles. The van der Waals surface area contributed by atoms with Gasteiger partial charge in [0.15, 0.2) is 9.84 Å². The quantitative estimate of drug-likeness (QED) is 0.842. The third-order valence-corrected chi connectivity index (χ3v) is 3.44. The molecule has 0 unspecified atom stereocenters. The average Bonchev–Trinajstić information content (AvgIpc) is 2.15. The normalized spacial score (nSPS) is 12.5. The number of nitrogens with one attached hydrogen (secondary N) is 1. The van der Waals surface area contributed by atoms with Gasteiger partial charge >= 0.3 is 0 Å². The van der Waals surface area contributed by atoms with Crippen LogP contribution in [0.1, 0.15) is 20.3 Å². The summed E-state index contributed by atoms with van der Waals surface area (Å²) in [5.41, 5.74) is 0.0266. The van der Waals surface area contributed by atoms with Crippen molar-refractivity contribution in [2.75, 3.05) is 18.1 Å². The first-order chi connectivity index (χ1) is 7.68. The lowest BCUT2D eigenvalue weighted by Crippen LogP contribution is -2.22. The van der Waals surface area contributed by atoms with Crippen LogP contribution in [0.4, 0.5) is 5.69 Å². The van der Waals surface area contributed by atoms with Crippen molar-refractivity contribution in [3.05, 3.63) is 24.3 Å². The molecule has 0 spiro atoms. The van der Waals surface area contributed by atoms with Crippen molar-refractivity contribution in [1.29, 1.82) is 0 Å². The van der Waals surface area contributed by atoms with Gasteiger partial charge in [0, 0.05) is 18.5 Å².